The maximum atomic E-state index is 10.6. The number of amides is 1. The van der Waals surface area contributed by atoms with E-state index in [9.17, 15) is 4.79 Å². The maximum absolute atomic E-state index is 10.6. The number of hydrogen-bond donors (Lipinski definition) is 2. The minimum absolute atomic E-state index is 0.221. The van der Waals surface area contributed by atoms with Crippen molar-refractivity contribution in [2.24, 2.45) is 5.73 Å². The fourth-order valence-corrected chi connectivity index (χ4v) is 1.99. The number of rotatable bonds is 6. The quantitative estimate of drug-likeness (QED) is 0.628. The summed E-state index contributed by atoms with van der Waals surface area (Å²) in [7, 11) is 0. The van der Waals surface area contributed by atoms with Crippen molar-refractivity contribution in [1.82, 2.24) is 9.97 Å². The van der Waals surface area contributed by atoms with Gasteiger partial charge in [0.2, 0.25) is 11.2 Å². The number of nitrogens with two attached hydrogens (primary N) is 1. The van der Waals surface area contributed by atoms with Crippen molar-refractivity contribution in [2.75, 3.05) is 11.9 Å². The van der Waals surface area contributed by atoms with Gasteiger partial charge in [-0.1, -0.05) is 12.1 Å². The van der Waals surface area contributed by atoms with Crippen LogP contribution in [-0.2, 0) is 4.79 Å². The molecule has 3 N–H and O–H groups in total. The third-order valence-corrected chi connectivity index (χ3v) is 2.89. The number of nitrogens with one attached hydrogen (secondary N) is 1. The summed E-state index contributed by atoms with van der Waals surface area (Å²) in [6, 6.07) is 7.67. The number of carbonyl (C=O) groups excluding carboxylic acids is 1. The van der Waals surface area contributed by atoms with E-state index >= 15 is 0 Å². The molecule has 1 amide bonds. The lowest BCUT2D eigenvalue weighted by Crippen LogP contribution is -2.11. The van der Waals surface area contributed by atoms with Crippen molar-refractivity contribution in [3.63, 3.8) is 0 Å². The van der Waals surface area contributed by atoms with Gasteiger partial charge in [-0.25, -0.2) is 9.97 Å². The summed E-state index contributed by atoms with van der Waals surface area (Å²) in [5.74, 6) is 0.449. The molecule has 0 saturated heterocycles. The van der Waals surface area contributed by atoms with Crippen molar-refractivity contribution >= 4 is 34.2 Å². The van der Waals surface area contributed by atoms with E-state index in [1.54, 1.807) is 0 Å². The second-order valence-electron chi connectivity index (χ2n) is 4.21. The molecule has 2 rings (SSSR count). The fourth-order valence-electron chi connectivity index (χ4n) is 1.81. The molecule has 2 aromatic rings. The Hall–Kier alpha value is -1.88. The first-order valence-corrected chi connectivity index (χ1v) is 6.49. The Morgan fingerprint density at radius 1 is 1.26 bits per heavy atom. The molecule has 0 unspecified atom stereocenters. The number of aromatic nitrogens is 2. The maximum Gasteiger partial charge on any atom is 0.224 e. The number of nitrogens with zero attached hydrogens (tertiary/aromatic N) is 2. The SMILES string of the molecule is NC(=O)CCCCNc1nc(Cl)nc2ccccc12. The first-order valence-electron chi connectivity index (χ1n) is 6.11. The molecule has 1 heterocycles. The van der Waals surface area contributed by atoms with E-state index in [-0.39, 0.29) is 11.2 Å². The Balaban J connectivity index is 2.02. The minimum Gasteiger partial charge on any atom is -0.370 e. The minimum atomic E-state index is -0.268. The molecule has 0 spiro atoms. The van der Waals surface area contributed by atoms with E-state index < -0.39 is 0 Å². The second kappa shape index (κ2) is 6.33. The molecule has 0 bridgehead atoms. The molecule has 1 aromatic heterocycles. The van der Waals surface area contributed by atoms with Crippen LogP contribution in [0.4, 0.5) is 5.82 Å². The van der Waals surface area contributed by atoms with Gasteiger partial charge >= 0.3 is 0 Å². The van der Waals surface area contributed by atoms with Crippen LogP contribution in [0.5, 0.6) is 0 Å². The molecule has 0 fully saturated rings. The summed E-state index contributed by atoms with van der Waals surface area (Å²) in [4.78, 5) is 19.0. The van der Waals surface area contributed by atoms with Crippen LogP contribution in [-0.4, -0.2) is 22.4 Å². The predicted molar refractivity (Wildman–Crippen MR) is 76.1 cm³/mol. The second-order valence-corrected chi connectivity index (χ2v) is 4.55. The van der Waals surface area contributed by atoms with Gasteiger partial charge in [0, 0.05) is 18.4 Å². The third-order valence-electron chi connectivity index (χ3n) is 2.72. The molecule has 100 valence electrons. The Kier molecular flexibility index (Phi) is 4.52. The average molecular weight is 279 g/mol. The van der Waals surface area contributed by atoms with E-state index in [4.69, 9.17) is 17.3 Å². The molecular formula is C13H15ClN4O. The van der Waals surface area contributed by atoms with Crippen LogP contribution < -0.4 is 11.1 Å². The zero-order valence-corrected chi connectivity index (χ0v) is 11.2. The highest BCUT2D eigenvalue weighted by Crippen LogP contribution is 2.21. The van der Waals surface area contributed by atoms with Gasteiger partial charge in [0.1, 0.15) is 5.82 Å². The summed E-state index contributed by atoms with van der Waals surface area (Å²) < 4.78 is 0. The van der Waals surface area contributed by atoms with Crippen molar-refractivity contribution in [2.45, 2.75) is 19.3 Å². The molecule has 0 aliphatic heterocycles. The van der Waals surface area contributed by atoms with Gasteiger partial charge < -0.3 is 11.1 Å². The molecule has 1 aromatic carbocycles. The van der Waals surface area contributed by atoms with Crippen LogP contribution in [0.3, 0.4) is 0 Å². The fraction of sp³-hybridized carbons (Fsp3) is 0.308. The molecule has 0 aliphatic carbocycles. The van der Waals surface area contributed by atoms with Gasteiger partial charge in [-0.3, -0.25) is 4.79 Å². The van der Waals surface area contributed by atoms with Crippen LogP contribution in [0, 0.1) is 0 Å². The summed E-state index contributed by atoms with van der Waals surface area (Å²) in [6.07, 6.45) is 2.02. The van der Waals surface area contributed by atoms with Crippen LogP contribution in [0.15, 0.2) is 24.3 Å². The Bertz CT molecular complexity index is 588. The summed E-state index contributed by atoms with van der Waals surface area (Å²) in [6.45, 7) is 0.713. The number of benzene rings is 1. The molecule has 0 radical (unpaired) electrons. The number of hydrogen-bond acceptors (Lipinski definition) is 4. The van der Waals surface area contributed by atoms with Gasteiger partial charge in [0.05, 0.1) is 5.52 Å². The zero-order valence-electron chi connectivity index (χ0n) is 10.4. The summed E-state index contributed by atoms with van der Waals surface area (Å²) in [5, 5.41) is 4.37. The molecular weight excluding hydrogens is 264 g/mol. The normalized spacial score (nSPS) is 10.6. The third kappa shape index (κ3) is 3.79. The molecule has 6 heteroatoms. The van der Waals surface area contributed by atoms with E-state index in [0.29, 0.717) is 13.0 Å². The van der Waals surface area contributed by atoms with Crippen LogP contribution >= 0.6 is 11.6 Å². The van der Waals surface area contributed by atoms with Gasteiger partial charge in [-0.15, -0.1) is 0 Å². The number of carbonyl (C=O) groups is 1. The lowest BCUT2D eigenvalue weighted by Gasteiger charge is -2.08. The van der Waals surface area contributed by atoms with Crippen molar-refractivity contribution in [3.05, 3.63) is 29.5 Å². The van der Waals surface area contributed by atoms with Crippen LogP contribution in [0.25, 0.3) is 10.9 Å². The number of para-hydroxylation sites is 1. The van der Waals surface area contributed by atoms with E-state index in [1.807, 2.05) is 24.3 Å². The lowest BCUT2D eigenvalue weighted by atomic mass is 10.2. The molecule has 19 heavy (non-hydrogen) atoms. The standard InChI is InChI=1S/C13H15ClN4O/c14-13-17-10-6-2-1-5-9(10)12(18-13)16-8-4-3-7-11(15)19/h1-2,5-6H,3-4,7-8H2,(H2,15,19)(H,16,17,18). The summed E-state index contributed by atoms with van der Waals surface area (Å²) >= 11 is 5.88. The molecule has 0 aliphatic rings. The number of fused-ring (bicyclic) bond motifs is 1. The van der Waals surface area contributed by atoms with Crippen molar-refractivity contribution in [3.8, 4) is 0 Å². The largest absolute Gasteiger partial charge is 0.370 e. The van der Waals surface area contributed by atoms with Gasteiger partial charge in [-0.05, 0) is 36.6 Å². The topological polar surface area (TPSA) is 80.9 Å². The molecule has 0 saturated carbocycles. The number of anilines is 1. The van der Waals surface area contributed by atoms with Gasteiger partial charge in [-0.2, -0.15) is 0 Å². The van der Waals surface area contributed by atoms with E-state index in [2.05, 4.69) is 15.3 Å². The highest BCUT2D eigenvalue weighted by Gasteiger charge is 2.05. The molecule has 0 atom stereocenters. The predicted octanol–water partition coefficient (Wildman–Crippen LogP) is 2.35. The number of unbranched alkanes of at least 4 members (excludes halogenated alkanes) is 1. The lowest BCUT2D eigenvalue weighted by molar-refractivity contribution is -0.118. The smallest absolute Gasteiger partial charge is 0.224 e. The highest BCUT2D eigenvalue weighted by atomic mass is 35.5. The number of primary amides is 1. The Labute approximate surface area is 116 Å². The first-order chi connectivity index (χ1) is 9.16. The van der Waals surface area contributed by atoms with Crippen molar-refractivity contribution < 1.29 is 4.79 Å². The van der Waals surface area contributed by atoms with E-state index in [0.717, 1.165) is 29.6 Å². The Morgan fingerprint density at radius 3 is 2.84 bits per heavy atom. The molecule has 5 nitrogen and oxygen atoms in total. The Morgan fingerprint density at radius 2 is 2.05 bits per heavy atom. The van der Waals surface area contributed by atoms with Crippen LogP contribution in [0.1, 0.15) is 19.3 Å². The van der Waals surface area contributed by atoms with Gasteiger partial charge in [0.25, 0.3) is 0 Å². The zero-order chi connectivity index (χ0) is 13.7. The van der Waals surface area contributed by atoms with Gasteiger partial charge in [0.15, 0.2) is 0 Å². The average Bonchev–Trinajstić information content (AvgIpc) is 2.37. The summed E-state index contributed by atoms with van der Waals surface area (Å²) in [5.41, 5.74) is 5.89. The van der Waals surface area contributed by atoms with Crippen LogP contribution in [0.2, 0.25) is 5.28 Å². The van der Waals surface area contributed by atoms with Crippen molar-refractivity contribution in [1.29, 1.82) is 0 Å². The number of halogens is 1. The monoisotopic (exact) mass is 278 g/mol. The first kappa shape index (κ1) is 13.5. The van der Waals surface area contributed by atoms with E-state index in [1.165, 1.54) is 0 Å². The highest BCUT2D eigenvalue weighted by molar-refractivity contribution is 6.28.